The van der Waals surface area contributed by atoms with Gasteiger partial charge in [-0.05, 0) is 0 Å². The van der Waals surface area contributed by atoms with Gasteiger partial charge in [-0.1, -0.05) is 121 Å². The molecule has 1 N–H and O–H groups in total. The van der Waals surface area contributed by atoms with Crippen LogP contribution in [-0.4, -0.2) is 140 Å². The summed E-state index contributed by atoms with van der Waals surface area (Å²) >= 11 is 0. The van der Waals surface area contributed by atoms with E-state index < -0.39 is 43.5 Å². The monoisotopic (exact) mass is 888 g/mol. The van der Waals surface area contributed by atoms with Crippen molar-refractivity contribution in [3.63, 3.8) is 0 Å². The first-order chi connectivity index (χ1) is 31.6. The van der Waals surface area contributed by atoms with Crippen LogP contribution in [0.15, 0.2) is 121 Å². The number of aliphatic hydroxyl groups excluding tert-OH is 1. The Balaban J connectivity index is 0.815. The average Bonchev–Trinajstić information content (AvgIpc) is 3.37. The molecule has 0 unspecified atom stereocenters. The standard InChI is InChI=1S/C49H60O15/c50-39(21-51-40(23-53-42-27-57-46(58-28-42)35-13-5-1-6-14-35)24-54-43-29-59-47(60-30-43)36-15-7-2-8-16-36)22-52-41(25-55-44-31-61-48(62-32-44)37-17-9-3-10-18-37)26-56-45-33-63-49(64-34-45)38-19-11-4-12-20-38/h1-20,39-50H,21-34H2. The van der Waals surface area contributed by atoms with E-state index >= 15 is 0 Å². The fourth-order valence-corrected chi connectivity index (χ4v) is 7.34. The molecule has 4 aliphatic heterocycles. The van der Waals surface area contributed by atoms with E-state index in [1.165, 1.54) is 0 Å². The van der Waals surface area contributed by atoms with Crippen LogP contribution in [0.3, 0.4) is 0 Å². The fourth-order valence-electron chi connectivity index (χ4n) is 7.34. The van der Waals surface area contributed by atoms with Crippen molar-refractivity contribution < 1.29 is 71.4 Å². The molecule has 15 nitrogen and oxygen atoms in total. The Hall–Kier alpha value is -3.72. The van der Waals surface area contributed by atoms with E-state index in [4.69, 9.17) is 66.3 Å². The Morgan fingerprint density at radius 2 is 0.562 bits per heavy atom. The molecule has 0 radical (unpaired) electrons. The lowest BCUT2D eigenvalue weighted by Crippen LogP contribution is -2.41. The minimum Gasteiger partial charge on any atom is -0.388 e. The molecule has 0 aromatic heterocycles. The van der Waals surface area contributed by atoms with Gasteiger partial charge in [0.1, 0.15) is 42.7 Å². The SMILES string of the molecule is OC(COC(COC1COC(c2ccccc2)OC1)COC1COC(c2ccccc2)OC1)COC(COC1COC(c2ccccc2)OC1)COC1COC(c2ccccc2)OC1. The predicted octanol–water partition coefficient (Wildman–Crippen LogP) is 5.64. The van der Waals surface area contributed by atoms with Crippen molar-refractivity contribution in [3.05, 3.63) is 144 Å². The molecule has 4 aliphatic rings. The Kier molecular flexibility index (Phi) is 18.5. The van der Waals surface area contributed by atoms with Gasteiger partial charge >= 0.3 is 0 Å². The van der Waals surface area contributed by atoms with Crippen LogP contribution in [0, 0.1) is 0 Å². The number of rotatable bonds is 22. The molecule has 0 atom stereocenters. The highest BCUT2D eigenvalue weighted by molar-refractivity contribution is 5.18. The third-order valence-electron chi connectivity index (χ3n) is 10.9. The van der Waals surface area contributed by atoms with Gasteiger partial charge in [-0.15, -0.1) is 0 Å². The maximum Gasteiger partial charge on any atom is 0.184 e. The molecule has 4 fully saturated rings. The summed E-state index contributed by atoms with van der Waals surface area (Å²) in [6.45, 7) is 3.34. The summed E-state index contributed by atoms with van der Waals surface area (Å²) in [5, 5.41) is 11.2. The first-order valence-electron chi connectivity index (χ1n) is 22.1. The maximum absolute atomic E-state index is 11.2. The van der Waals surface area contributed by atoms with Crippen molar-refractivity contribution in [2.24, 2.45) is 0 Å². The highest BCUT2D eigenvalue weighted by Crippen LogP contribution is 2.27. The lowest BCUT2D eigenvalue weighted by atomic mass is 10.2. The summed E-state index contributed by atoms with van der Waals surface area (Å²) in [5.74, 6) is 0. The van der Waals surface area contributed by atoms with Crippen molar-refractivity contribution >= 4 is 0 Å². The number of ether oxygens (including phenoxy) is 14. The summed E-state index contributed by atoms with van der Waals surface area (Å²) in [6.07, 6.45) is -5.18. The summed E-state index contributed by atoms with van der Waals surface area (Å²) < 4.78 is 85.1. The number of benzene rings is 4. The highest BCUT2D eigenvalue weighted by atomic mass is 16.7. The van der Waals surface area contributed by atoms with Crippen LogP contribution in [0.5, 0.6) is 0 Å². The third-order valence-corrected chi connectivity index (χ3v) is 10.9. The van der Waals surface area contributed by atoms with Gasteiger partial charge in [0.15, 0.2) is 25.2 Å². The first kappa shape index (κ1) is 46.8. The van der Waals surface area contributed by atoms with E-state index in [-0.39, 0.29) is 64.1 Å². The van der Waals surface area contributed by atoms with E-state index in [9.17, 15) is 5.11 Å². The molecule has 346 valence electrons. The maximum atomic E-state index is 11.2. The number of aliphatic hydroxyl groups is 1. The van der Waals surface area contributed by atoms with Gasteiger partial charge in [0.2, 0.25) is 0 Å². The quantitative estimate of drug-likeness (QED) is 0.104. The lowest BCUT2D eigenvalue weighted by Gasteiger charge is -2.32. The van der Waals surface area contributed by atoms with Crippen molar-refractivity contribution in [1.29, 1.82) is 0 Å². The second-order valence-corrected chi connectivity index (χ2v) is 16.0. The first-order valence-corrected chi connectivity index (χ1v) is 22.1. The summed E-state index contributed by atoms with van der Waals surface area (Å²) in [7, 11) is 0. The Bertz CT molecular complexity index is 1570. The van der Waals surface area contributed by atoms with Gasteiger partial charge < -0.3 is 71.4 Å². The Morgan fingerprint density at radius 1 is 0.344 bits per heavy atom. The van der Waals surface area contributed by atoms with Crippen LogP contribution in [0.25, 0.3) is 0 Å². The second kappa shape index (κ2) is 25.3. The van der Waals surface area contributed by atoms with Crippen LogP contribution in [0.2, 0.25) is 0 Å². The molecule has 8 rings (SSSR count). The molecule has 4 heterocycles. The molecule has 0 bridgehead atoms. The summed E-state index contributed by atoms with van der Waals surface area (Å²) in [6, 6.07) is 39.1. The Labute approximate surface area is 374 Å². The van der Waals surface area contributed by atoms with Crippen LogP contribution in [0.4, 0.5) is 0 Å². The normalized spacial score (nSPS) is 28.0. The third kappa shape index (κ3) is 14.6. The van der Waals surface area contributed by atoms with Crippen LogP contribution < -0.4 is 0 Å². The zero-order chi connectivity index (χ0) is 43.6. The summed E-state index contributed by atoms with van der Waals surface area (Å²) in [5.41, 5.74) is 3.78. The lowest BCUT2D eigenvalue weighted by molar-refractivity contribution is -0.246. The Morgan fingerprint density at radius 3 is 0.781 bits per heavy atom. The molecule has 4 aromatic carbocycles. The zero-order valence-corrected chi connectivity index (χ0v) is 36.0. The molecule has 64 heavy (non-hydrogen) atoms. The van der Waals surface area contributed by atoms with Gasteiger partial charge in [0.05, 0.1) is 92.5 Å². The second-order valence-electron chi connectivity index (χ2n) is 16.0. The molecule has 0 spiro atoms. The van der Waals surface area contributed by atoms with Gasteiger partial charge in [0.25, 0.3) is 0 Å². The van der Waals surface area contributed by atoms with Crippen molar-refractivity contribution in [3.8, 4) is 0 Å². The van der Waals surface area contributed by atoms with E-state index in [0.29, 0.717) is 52.9 Å². The predicted molar refractivity (Wildman–Crippen MR) is 229 cm³/mol. The number of hydrogen-bond acceptors (Lipinski definition) is 15. The van der Waals surface area contributed by atoms with Gasteiger partial charge in [-0.2, -0.15) is 0 Å². The topological polar surface area (TPSA) is 149 Å². The van der Waals surface area contributed by atoms with E-state index in [1.807, 2.05) is 121 Å². The van der Waals surface area contributed by atoms with Gasteiger partial charge in [0, 0.05) is 22.3 Å². The number of hydrogen-bond donors (Lipinski definition) is 1. The van der Waals surface area contributed by atoms with E-state index in [0.717, 1.165) is 22.3 Å². The smallest absolute Gasteiger partial charge is 0.184 e. The van der Waals surface area contributed by atoms with Crippen molar-refractivity contribution in [1.82, 2.24) is 0 Å². The molecule has 4 saturated heterocycles. The van der Waals surface area contributed by atoms with Crippen LogP contribution in [0.1, 0.15) is 47.4 Å². The average molecular weight is 889 g/mol. The van der Waals surface area contributed by atoms with Gasteiger partial charge in [-0.3, -0.25) is 0 Å². The fraction of sp³-hybridized carbons (Fsp3) is 0.510. The summed E-state index contributed by atoms with van der Waals surface area (Å²) in [4.78, 5) is 0. The molecule has 15 heteroatoms. The molecular weight excluding hydrogens is 829 g/mol. The van der Waals surface area contributed by atoms with Gasteiger partial charge in [-0.25, -0.2) is 0 Å². The minimum atomic E-state index is -0.994. The largest absolute Gasteiger partial charge is 0.388 e. The molecular formula is C49H60O15. The van der Waals surface area contributed by atoms with E-state index in [2.05, 4.69) is 0 Å². The van der Waals surface area contributed by atoms with Crippen molar-refractivity contribution in [2.45, 2.75) is 67.9 Å². The molecule has 0 saturated carbocycles. The van der Waals surface area contributed by atoms with Crippen LogP contribution in [-0.2, 0) is 66.3 Å². The van der Waals surface area contributed by atoms with Crippen LogP contribution >= 0.6 is 0 Å². The zero-order valence-electron chi connectivity index (χ0n) is 36.0. The molecule has 0 aliphatic carbocycles. The minimum absolute atomic E-state index is 0.0519. The van der Waals surface area contributed by atoms with Crippen molar-refractivity contribution in [2.75, 3.05) is 92.5 Å². The highest BCUT2D eigenvalue weighted by Gasteiger charge is 2.30. The molecule has 4 aromatic rings. The molecule has 0 amide bonds. The van der Waals surface area contributed by atoms with E-state index in [1.54, 1.807) is 0 Å².